The van der Waals surface area contributed by atoms with Crippen molar-refractivity contribution in [2.24, 2.45) is 0 Å². The number of hydrogen-bond acceptors (Lipinski definition) is 4. The van der Waals surface area contributed by atoms with Gasteiger partial charge in [-0.05, 0) is 41.3 Å². The third kappa shape index (κ3) is 2.38. The zero-order chi connectivity index (χ0) is 13.9. The van der Waals surface area contributed by atoms with E-state index in [1.165, 1.54) is 0 Å². The Labute approximate surface area is 126 Å². The number of halogens is 1. The Balaban J connectivity index is 2.01. The fourth-order valence-electron chi connectivity index (χ4n) is 2.12. The maximum Gasteiger partial charge on any atom is 0.109 e. The molecule has 1 aliphatic heterocycles. The molecular formula is C15H10ClN3S. The Bertz CT molecular complexity index is 694. The summed E-state index contributed by atoms with van der Waals surface area (Å²) in [6, 6.07) is 11.6. The Kier molecular flexibility index (Phi) is 3.64. The van der Waals surface area contributed by atoms with Crippen molar-refractivity contribution in [3.63, 3.8) is 0 Å². The largest absolute Gasteiger partial charge is 0.329 e. The van der Waals surface area contributed by atoms with Crippen molar-refractivity contribution in [2.45, 2.75) is 5.37 Å². The third-order valence-electron chi connectivity index (χ3n) is 3.03. The molecule has 0 saturated heterocycles. The molecule has 2 heterocycles. The maximum atomic E-state index is 9.28. The van der Waals surface area contributed by atoms with E-state index in [4.69, 9.17) is 11.6 Å². The molecule has 0 radical (unpaired) electrons. The Morgan fingerprint density at radius 3 is 2.80 bits per heavy atom. The summed E-state index contributed by atoms with van der Waals surface area (Å²) in [5.74, 6) is 0. The summed E-state index contributed by atoms with van der Waals surface area (Å²) >= 11 is 7.65. The predicted molar refractivity (Wildman–Crippen MR) is 82.4 cm³/mol. The van der Waals surface area contributed by atoms with Crippen LogP contribution in [0.5, 0.6) is 0 Å². The van der Waals surface area contributed by atoms with E-state index < -0.39 is 0 Å². The van der Waals surface area contributed by atoms with E-state index in [1.807, 2.05) is 29.8 Å². The number of hydrogen-bond donors (Lipinski definition) is 0. The summed E-state index contributed by atoms with van der Waals surface area (Å²) in [4.78, 5) is 6.12. The highest BCUT2D eigenvalue weighted by Gasteiger charge is 2.25. The van der Waals surface area contributed by atoms with E-state index in [-0.39, 0.29) is 5.37 Å². The van der Waals surface area contributed by atoms with Crippen LogP contribution in [-0.2, 0) is 0 Å². The van der Waals surface area contributed by atoms with E-state index in [9.17, 15) is 5.26 Å². The highest BCUT2D eigenvalue weighted by atomic mass is 35.5. The molecule has 98 valence electrons. The number of anilines is 1. The lowest BCUT2D eigenvalue weighted by Gasteiger charge is -2.26. The molecule has 0 aliphatic carbocycles. The van der Waals surface area contributed by atoms with Gasteiger partial charge >= 0.3 is 0 Å². The number of nitriles is 1. The Morgan fingerprint density at radius 2 is 2.05 bits per heavy atom. The van der Waals surface area contributed by atoms with Crippen LogP contribution in [0.15, 0.2) is 54.3 Å². The molecular weight excluding hydrogens is 290 g/mol. The van der Waals surface area contributed by atoms with E-state index in [0.717, 1.165) is 11.3 Å². The smallest absolute Gasteiger partial charge is 0.109 e. The molecule has 0 amide bonds. The molecule has 1 aromatic heterocycles. The molecule has 5 heteroatoms. The minimum atomic E-state index is 0.117. The van der Waals surface area contributed by atoms with Crippen LogP contribution in [0, 0.1) is 11.3 Å². The summed E-state index contributed by atoms with van der Waals surface area (Å²) in [7, 11) is 0. The average Bonchev–Trinajstić information content (AvgIpc) is 2.97. The monoisotopic (exact) mass is 299 g/mol. The molecule has 2 aromatic rings. The first-order valence-corrected chi connectivity index (χ1v) is 7.32. The lowest BCUT2D eigenvalue weighted by atomic mass is 10.1. The van der Waals surface area contributed by atoms with Crippen molar-refractivity contribution in [1.82, 2.24) is 4.98 Å². The van der Waals surface area contributed by atoms with Gasteiger partial charge in [0.15, 0.2) is 0 Å². The molecule has 20 heavy (non-hydrogen) atoms. The molecule has 1 aliphatic rings. The minimum Gasteiger partial charge on any atom is -0.329 e. The highest BCUT2D eigenvalue weighted by Crippen LogP contribution is 2.42. The molecule has 3 nitrogen and oxygen atoms in total. The van der Waals surface area contributed by atoms with Gasteiger partial charge < -0.3 is 4.90 Å². The van der Waals surface area contributed by atoms with E-state index in [2.05, 4.69) is 16.0 Å². The maximum absolute atomic E-state index is 9.28. The van der Waals surface area contributed by atoms with Crippen molar-refractivity contribution in [3.05, 3.63) is 70.5 Å². The third-order valence-corrected chi connectivity index (χ3v) is 4.30. The van der Waals surface area contributed by atoms with Gasteiger partial charge in [-0.25, -0.2) is 0 Å². The van der Waals surface area contributed by atoms with E-state index in [0.29, 0.717) is 10.6 Å². The van der Waals surface area contributed by atoms with Crippen molar-refractivity contribution >= 4 is 29.1 Å². The summed E-state index contributed by atoms with van der Waals surface area (Å²) in [5, 5.41) is 12.0. The van der Waals surface area contributed by atoms with Gasteiger partial charge in [0.1, 0.15) is 11.4 Å². The zero-order valence-corrected chi connectivity index (χ0v) is 12.0. The quantitative estimate of drug-likeness (QED) is 0.827. The number of benzene rings is 1. The Morgan fingerprint density at radius 1 is 1.25 bits per heavy atom. The van der Waals surface area contributed by atoms with Crippen LogP contribution in [0.1, 0.15) is 16.5 Å². The molecule has 1 unspecified atom stereocenters. The molecule has 0 bridgehead atoms. The SMILES string of the molecule is N#Cc1cc(Cl)ccc1N1C=CSC1c1ccncc1. The summed E-state index contributed by atoms with van der Waals surface area (Å²) in [5.41, 5.74) is 2.58. The fraction of sp³-hybridized carbons (Fsp3) is 0.0667. The van der Waals surface area contributed by atoms with Gasteiger partial charge in [-0.1, -0.05) is 11.6 Å². The first kappa shape index (κ1) is 13.0. The fourth-order valence-corrected chi connectivity index (χ4v) is 3.27. The highest BCUT2D eigenvalue weighted by molar-refractivity contribution is 8.02. The minimum absolute atomic E-state index is 0.117. The van der Waals surface area contributed by atoms with Gasteiger partial charge in [-0.15, -0.1) is 11.8 Å². The van der Waals surface area contributed by atoms with Crippen LogP contribution in [-0.4, -0.2) is 4.98 Å². The summed E-state index contributed by atoms with van der Waals surface area (Å²) < 4.78 is 0. The van der Waals surface area contributed by atoms with E-state index in [1.54, 1.807) is 36.3 Å². The molecule has 1 atom stereocenters. The van der Waals surface area contributed by atoms with Crippen molar-refractivity contribution < 1.29 is 0 Å². The predicted octanol–water partition coefficient (Wildman–Crippen LogP) is 4.33. The van der Waals surface area contributed by atoms with Crippen LogP contribution in [0.25, 0.3) is 0 Å². The first-order valence-electron chi connectivity index (χ1n) is 5.99. The standard InChI is InChI=1S/C15H10ClN3S/c16-13-1-2-14(12(9-13)10-17)19-7-8-20-15(19)11-3-5-18-6-4-11/h1-9,15H. The molecule has 0 N–H and O–H groups in total. The van der Waals surface area contributed by atoms with Crippen molar-refractivity contribution in [1.29, 1.82) is 5.26 Å². The number of rotatable bonds is 2. The van der Waals surface area contributed by atoms with Gasteiger partial charge in [0.05, 0.1) is 11.3 Å². The second-order valence-electron chi connectivity index (χ2n) is 4.23. The first-order chi connectivity index (χ1) is 9.79. The zero-order valence-electron chi connectivity index (χ0n) is 10.4. The van der Waals surface area contributed by atoms with Crippen LogP contribution in [0.4, 0.5) is 5.69 Å². The number of nitrogens with zero attached hydrogens (tertiary/aromatic N) is 3. The van der Waals surface area contributed by atoms with Crippen molar-refractivity contribution in [3.8, 4) is 6.07 Å². The van der Waals surface area contributed by atoms with Crippen LogP contribution >= 0.6 is 23.4 Å². The lowest BCUT2D eigenvalue weighted by molar-refractivity contribution is 0.951. The molecule has 0 saturated carbocycles. The molecule has 0 spiro atoms. The van der Waals surface area contributed by atoms with Crippen LogP contribution in [0.3, 0.4) is 0 Å². The lowest BCUT2D eigenvalue weighted by Crippen LogP contribution is -2.18. The normalized spacial score (nSPS) is 17.2. The molecule has 0 fully saturated rings. The van der Waals surface area contributed by atoms with Gasteiger partial charge in [0.2, 0.25) is 0 Å². The second-order valence-corrected chi connectivity index (χ2v) is 5.66. The summed E-state index contributed by atoms with van der Waals surface area (Å²) in [6.07, 6.45) is 5.54. The second kappa shape index (κ2) is 5.58. The van der Waals surface area contributed by atoms with E-state index >= 15 is 0 Å². The van der Waals surface area contributed by atoms with Crippen molar-refractivity contribution in [2.75, 3.05) is 4.90 Å². The number of thioether (sulfide) groups is 1. The summed E-state index contributed by atoms with van der Waals surface area (Å²) in [6.45, 7) is 0. The van der Waals surface area contributed by atoms with Gasteiger partial charge in [-0.3, -0.25) is 4.98 Å². The molecule has 3 rings (SSSR count). The van der Waals surface area contributed by atoms with Gasteiger partial charge in [0, 0.05) is 23.6 Å². The molecule has 1 aromatic carbocycles. The van der Waals surface area contributed by atoms with Crippen LogP contribution in [0.2, 0.25) is 5.02 Å². The van der Waals surface area contributed by atoms with Gasteiger partial charge in [-0.2, -0.15) is 5.26 Å². The number of aromatic nitrogens is 1. The van der Waals surface area contributed by atoms with Gasteiger partial charge in [0.25, 0.3) is 0 Å². The number of pyridine rings is 1. The Hall–Kier alpha value is -1.96. The average molecular weight is 300 g/mol. The topological polar surface area (TPSA) is 39.9 Å². The van der Waals surface area contributed by atoms with Crippen LogP contribution < -0.4 is 4.90 Å².